The van der Waals surface area contributed by atoms with Crippen molar-refractivity contribution < 1.29 is 24.1 Å². The first-order valence-corrected chi connectivity index (χ1v) is 14.3. The Morgan fingerprint density at radius 3 is 2.47 bits per heavy atom. The quantitative estimate of drug-likeness (QED) is 0.520. The highest BCUT2D eigenvalue weighted by molar-refractivity contribution is 5.66. The lowest BCUT2D eigenvalue weighted by molar-refractivity contribution is -0.316. The van der Waals surface area contributed by atoms with Gasteiger partial charge in [-0.3, -0.25) is 4.79 Å². The Labute approximate surface area is 205 Å². The third kappa shape index (κ3) is 3.18. The molecule has 0 amide bonds. The fraction of sp³-hybridized carbons (Fsp3) is 0.966. The van der Waals surface area contributed by atoms with Crippen LogP contribution in [0.3, 0.4) is 0 Å². The van der Waals surface area contributed by atoms with Gasteiger partial charge < -0.3 is 19.3 Å². The van der Waals surface area contributed by atoms with Gasteiger partial charge in [0.25, 0.3) is 0 Å². The number of fused-ring (bicyclic) bond motifs is 7. The number of aliphatic hydroxyl groups is 1. The summed E-state index contributed by atoms with van der Waals surface area (Å²) in [5, 5.41) is 11.1. The third-order valence-corrected chi connectivity index (χ3v) is 12.2. The summed E-state index contributed by atoms with van der Waals surface area (Å²) >= 11 is 0. The topological polar surface area (TPSA) is 65.0 Å². The zero-order valence-corrected chi connectivity index (χ0v) is 21.9. The van der Waals surface area contributed by atoms with Crippen molar-refractivity contribution in [2.24, 2.45) is 52.3 Å². The Bertz CT molecular complexity index is 829. The maximum absolute atomic E-state index is 11.6. The van der Waals surface area contributed by atoms with E-state index in [4.69, 9.17) is 14.2 Å². The Morgan fingerprint density at radius 2 is 1.74 bits per heavy atom. The first kappa shape index (κ1) is 23.7. The highest BCUT2D eigenvalue weighted by atomic mass is 16.7. The summed E-state index contributed by atoms with van der Waals surface area (Å²) in [5.41, 5.74) is 0.657. The van der Waals surface area contributed by atoms with Crippen molar-refractivity contribution >= 4 is 5.97 Å². The molecule has 0 aromatic carbocycles. The molecule has 4 aliphatic carbocycles. The molecule has 1 N–H and O–H groups in total. The summed E-state index contributed by atoms with van der Waals surface area (Å²) in [6.07, 6.45) is 10.2. The number of carbonyl (C=O) groups excluding carboxylic acids is 1. The van der Waals surface area contributed by atoms with E-state index in [1.807, 2.05) is 0 Å². The normalized spacial score (nSPS) is 58.5. The summed E-state index contributed by atoms with van der Waals surface area (Å²) in [5.74, 6) is 3.15. The van der Waals surface area contributed by atoms with E-state index in [0.29, 0.717) is 35.7 Å². The van der Waals surface area contributed by atoms with Gasteiger partial charge in [0.05, 0.1) is 12.7 Å². The predicted molar refractivity (Wildman–Crippen MR) is 129 cm³/mol. The molecular weight excluding hydrogens is 428 g/mol. The van der Waals surface area contributed by atoms with Crippen molar-refractivity contribution in [3.05, 3.63) is 0 Å². The fourth-order valence-corrected chi connectivity index (χ4v) is 10.7. The number of esters is 1. The van der Waals surface area contributed by atoms with Crippen LogP contribution in [0.15, 0.2) is 0 Å². The zero-order valence-electron chi connectivity index (χ0n) is 21.9. The first-order valence-electron chi connectivity index (χ1n) is 14.3. The smallest absolute Gasteiger partial charge is 0.302 e. The van der Waals surface area contributed by atoms with Gasteiger partial charge in [-0.25, -0.2) is 0 Å². The molecule has 0 unspecified atom stereocenters. The number of rotatable bonds is 1. The number of hydrogen-bond donors (Lipinski definition) is 1. The molecule has 2 saturated heterocycles. The van der Waals surface area contributed by atoms with Gasteiger partial charge in [0.15, 0.2) is 5.79 Å². The first-order chi connectivity index (χ1) is 16.1. The maximum atomic E-state index is 11.6. The molecule has 5 nitrogen and oxygen atoms in total. The van der Waals surface area contributed by atoms with Gasteiger partial charge in [-0.2, -0.15) is 0 Å². The second-order valence-corrected chi connectivity index (χ2v) is 13.8. The highest BCUT2D eigenvalue weighted by Gasteiger charge is 2.70. The molecule has 192 valence electrons. The summed E-state index contributed by atoms with van der Waals surface area (Å²) < 4.78 is 18.8. The maximum Gasteiger partial charge on any atom is 0.302 e. The Balaban J connectivity index is 1.22. The molecule has 4 saturated carbocycles. The molecule has 0 radical (unpaired) electrons. The van der Waals surface area contributed by atoms with E-state index < -0.39 is 11.9 Å². The standard InChI is InChI=1S/C29H46O5/c1-16-12-25(31)29(32-15-16)17(2)26-24(34-29)14-23-21-7-6-19-13-20(33-18(3)30)8-10-27(19,4)22(21)9-11-28(23,26)5/h16-17,19-26,31H,6-15H2,1-5H3/t16-,17-,19+,20-,21+,22-,23-,24-,25+,26-,27-,28-,29-/m0/s1. The van der Waals surface area contributed by atoms with E-state index in [0.717, 1.165) is 37.5 Å². The largest absolute Gasteiger partial charge is 0.463 e. The summed E-state index contributed by atoms with van der Waals surface area (Å²) in [7, 11) is 0. The van der Waals surface area contributed by atoms with Crippen molar-refractivity contribution in [1.29, 1.82) is 0 Å². The van der Waals surface area contributed by atoms with Crippen molar-refractivity contribution in [2.45, 2.75) is 117 Å². The Morgan fingerprint density at radius 1 is 0.971 bits per heavy atom. The van der Waals surface area contributed by atoms with Crippen LogP contribution in [0.25, 0.3) is 0 Å². The molecule has 6 fully saturated rings. The van der Waals surface area contributed by atoms with Crippen LogP contribution >= 0.6 is 0 Å². The minimum absolute atomic E-state index is 0.123. The van der Waals surface area contributed by atoms with Crippen LogP contribution in [0.2, 0.25) is 0 Å². The van der Waals surface area contributed by atoms with E-state index >= 15 is 0 Å². The van der Waals surface area contributed by atoms with Gasteiger partial charge in [0.1, 0.15) is 12.2 Å². The Hall–Kier alpha value is -0.650. The van der Waals surface area contributed by atoms with E-state index in [-0.39, 0.29) is 29.5 Å². The molecule has 1 spiro atoms. The summed E-state index contributed by atoms with van der Waals surface area (Å²) in [6, 6.07) is 0. The van der Waals surface area contributed by atoms with Crippen LogP contribution in [-0.4, -0.2) is 41.8 Å². The van der Waals surface area contributed by atoms with Gasteiger partial charge in [0.2, 0.25) is 0 Å². The van der Waals surface area contributed by atoms with Crippen LogP contribution in [0, 0.1) is 52.3 Å². The van der Waals surface area contributed by atoms with Crippen molar-refractivity contribution in [2.75, 3.05) is 6.61 Å². The second-order valence-electron chi connectivity index (χ2n) is 13.8. The predicted octanol–water partition coefficient (Wildman–Crippen LogP) is 5.34. The van der Waals surface area contributed by atoms with Crippen molar-refractivity contribution in [1.82, 2.24) is 0 Å². The molecule has 34 heavy (non-hydrogen) atoms. The van der Waals surface area contributed by atoms with E-state index in [1.165, 1.54) is 32.1 Å². The average Bonchev–Trinajstić information content (AvgIpc) is 3.22. The van der Waals surface area contributed by atoms with Gasteiger partial charge in [-0.15, -0.1) is 0 Å². The lowest BCUT2D eigenvalue weighted by Crippen LogP contribution is -2.57. The SMILES string of the molecule is CC(=O)O[C@H]1CC[C@@]2(C)[C@H](CC[C@@H]3[C@@H]2CC[C@]2(C)[C@@H]4[C@H](C[C@@H]32)O[C@@]2(OC[C@@H](C)C[C@H]2O)[C@H]4C)C1. The average molecular weight is 475 g/mol. The van der Waals surface area contributed by atoms with Crippen LogP contribution in [-0.2, 0) is 19.0 Å². The molecule has 0 aromatic heterocycles. The number of hydrogen-bond acceptors (Lipinski definition) is 5. The molecule has 0 bridgehead atoms. The fourth-order valence-electron chi connectivity index (χ4n) is 10.7. The number of carbonyl (C=O) groups is 1. The molecule has 2 aliphatic heterocycles. The van der Waals surface area contributed by atoms with Crippen LogP contribution in [0.1, 0.15) is 92.4 Å². The van der Waals surface area contributed by atoms with Crippen LogP contribution < -0.4 is 0 Å². The molecular formula is C29H46O5. The molecule has 2 heterocycles. The van der Waals surface area contributed by atoms with Gasteiger partial charge >= 0.3 is 5.97 Å². The van der Waals surface area contributed by atoms with Crippen LogP contribution in [0.5, 0.6) is 0 Å². The van der Waals surface area contributed by atoms with Gasteiger partial charge in [0, 0.05) is 12.8 Å². The molecule has 13 atom stereocenters. The minimum atomic E-state index is -0.786. The lowest BCUT2D eigenvalue weighted by atomic mass is 9.44. The lowest BCUT2D eigenvalue weighted by Gasteiger charge is -2.61. The summed E-state index contributed by atoms with van der Waals surface area (Å²) in [4.78, 5) is 11.6. The Kier molecular flexibility index (Phi) is 5.53. The monoisotopic (exact) mass is 474 g/mol. The molecule has 6 aliphatic rings. The van der Waals surface area contributed by atoms with E-state index in [9.17, 15) is 9.90 Å². The zero-order chi connectivity index (χ0) is 24.0. The van der Waals surface area contributed by atoms with Crippen LogP contribution in [0.4, 0.5) is 0 Å². The van der Waals surface area contributed by atoms with E-state index in [1.54, 1.807) is 6.92 Å². The number of ether oxygens (including phenoxy) is 3. The third-order valence-electron chi connectivity index (χ3n) is 12.2. The number of aliphatic hydroxyl groups excluding tert-OH is 1. The van der Waals surface area contributed by atoms with Crippen molar-refractivity contribution in [3.63, 3.8) is 0 Å². The van der Waals surface area contributed by atoms with Crippen molar-refractivity contribution in [3.8, 4) is 0 Å². The van der Waals surface area contributed by atoms with E-state index in [2.05, 4.69) is 27.7 Å². The minimum Gasteiger partial charge on any atom is -0.463 e. The second kappa shape index (κ2) is 7.92. The molecule has 0 aromatic rings. The highest BCUT2D eigenvalue weighted by Crippen LogP contribution is 2.71. The summed E-state index contributed by atoms with van der Waals surface area (Å²) in [6.45, 7) is 11.8. The van der Waals surface area contributed by atoms with Gasteiger partial charge in [-0.05, 0) is 104 Å². The molecule has 6 rings (SSSR count). The molecule has 5 heteroatoms. The van der Waals surface area contributed by atoms with Gasteiger partial charge in [-0.1, -0.05) is 27.7 Å².